The summed E-state index contributed by atoms with van der Waals surface area (Å²) in [6.45, 7) is 3.66. The summed E-state index contributed by atoms with van der Waals surface area (Å²) in [5.74, 6) is -0.519. The van der Waals surface area contributed by atoms with Crippen LogP contribution in [0.2, 0.25) is 0 Å². The molecule has 1 aromatic carbocycles. The van der Waals surface area contributed by atoms with Gasteiger partial charge in [0.15, 0.2) is 0 Å². The fourth-order valence-corrected chi connectivity index (χ4v) is 3.34. The van der Waals surface area contributed by atoms with Crippen molar-refractivity contribution in [2.45, 2.75) is 32.7 Å². The van der Waals surface area contributed by atoms with E-state index in [-0.39, 0.29) is 29.7 Å². The molecule has 6 heteroatoms. The molecule has 0 unspecified atom stereocenters. The summed E-state index contributed by atoms with van der Waals surface area (Å²) >= 11 is 0. The van der Waals surface area contributed by atoms with E-state index >= 15 is 0 Å². The Balaban J connectivity index is 1.57. The number of carbonyl (C=O) groups is 2. The molecule has 0 saturated carbocycles. The van der Waals surface area contributed by atoms with Crippen molar-refractivity contribution in [1.82, 2.24) is 9.47 Å². The Bertz CT molecular complexity index is 860. The van der Waals surface area contributed by atoms with E-state index in [9.17, 15) is 14.4 Å². The fraction of sp³-hybridized carbons (Fsp3) is 0.381. The van der Waals surface area contributed by atoms with Crippen LogP contribution in [0, 0.1) is 5.92 Å². The van der Waals surface area contributed by atoms with Gasteiger partial charge in [-0.3, -0.25) is 14.4 Å². The van der Waals surface area contributed by atoms with E-state index in [0.29, 0.717) is 25.3 Å². The maximum atomic E-state index is 12.6. The minimum absolute atomic E-state index is 0.0158. The van der Waals surface area contributed by atoms with Gasteiger partial charge in [-0.2, -0.15) is 0 Å². The average molecular weight is 367 g/mol. The summed E-state index contributed by atoms with van der Waals surface area (Å²) in [7, 11) is 0. The van der Waals surface area contributed by atoms with Gasteiger partial charge in [-0.15, -0.1) is 0 Å². The molecule has 0 bridgehead atoms. The van der Waals surface area contributed by atoms with E-state index in [4.69, 9.17) is 0 Å². The van der Waals surface area contributed by atoms with E-state index < -0.39 is 0 Å². The molecular weight excluding hydrogens is 342 g/mol. The Morgan fingerprint density at radius 3 is 2.63 bits per heavy atom. The summed E-state index contributed by atoms with van der Waals surface area (Å²) in [6, 6.07) is 13.1. The number of hydrogen-bond acceptors (Lipinski definition) is 3. The first-order valence-electron chi connectivity index (χ1n) is 9.40. The monoisotopic (exact) mass is 367 g/mol. The normalized spacial score (nSPS) is 16.6. The van der Waals surface area contributed by atoms with Crippen LogP contribution in [0.15, 0.2) is 53.5 Å². The lowest BCUT2D eigenvalue weighted by Gasteiger charge is -2.16. The molecule has 27 heavy (non-hydrogen) atoms. The number of nitrogens with zero attached hydrogens (tertiary/aromatic N) is 2. The van der Waals surface area contributed by atoms with Crippen molar-refractivity contribution in [3.8, 4) is 0 Å². The van der Waals surface area contributed by atoms with Crippen LogP contribution in [0.25, 0.3) is 0 Å². The number of rotatable bonds is 7. The van der Waals surface area contributed by atoms with E-state index in [1.54, 1.807) is 21.7 Å². The highest BCUT2D eigenvalue weighted by atomic mass is 16.2. The summed E-state index contributed by atoms with van der Waals surface area (Å²) in [6.07, 6.45) is 3.51. The van der Waals surface area contributed by atoms with E-state index in [1.165, 1.54) is 11.6 Å². The minimum Gasteiger partial charge on any atom is -0.342 e. The molecule has 1 aliphatic rings. The molecule has 1 aliphatic heterocycles. The van der Waals surface area contributed by atoms with Crippen LogP contribution in [0.4, 0.5) is 5.69 Å². The number of benzene rings is 1. The number of aryl methyl sites for hydroxylation is 1. The molecule has 1 N–H and O–H groups in total. The van der Waals surface area contributed by atoms with Gasteiger partial charge in [0.25, 0.3) is 5.56 Å². The Kier molecular flexibility index (Phi) is 6.06. The van der Waals surface area contributed by atoms with Gasteiger partial charge < -0.3 is 14.8 Å². The third-order valence-electron chi connectivity index (χ3n) is 4.81. The fourth-order valence-electron chi connectivity index (χ4n) is 3.34. The second-order valence-corrected chi connectivity index (χ2v) is 6.92. The molecule has 3 rings (SSSR count). The van der Waals surface area contributed by atoms with Crippen molar-refractivity contribution in [2.24, 2.45) is 5.92 Å². The zero-order valence-corrected chi connectivity index (χ0v) is 15.6. The Hall–Kier alpha value is -2.89. The van der Waals surface area contributed by atoms with Gasteiger partial charge >= 0.3 is 0 Å². The lowest BCUT2D eigenvalue weighted by Crippen LogP contribution is -2.30. The quantitative estimate of drug-likeness (QED) is 0.816. The van der Waals surface area contributed by atoms with Crippen molar-refractivity contribution in [3.63, 3.8) is 0 Å². The van der Waals surface area contributed by atoms with Crippen LogP contribution in [-0.4, -0.2) is 34.4 Å². The highest BCUT2D eigenvalue weighted by Crippen LogP contribution is 2.20. The van der Waals surface area contributed by atoms with Crippen LogP contribution in [-0.2, 0) is 22.6 Å². The molecule has 1 saturated heterocycles. The van der Waals surface area contributed by atoms with E-state index in [1.807, 2.05) is 37.3 Å². The van der Waals surface area contributed by atoms with Gasteiger partial charge in [-0.1, -0.05) is 37.3 Å². The van der Waals surface area contributed by atoms with Crippen molar-refractivity contribution < 1.29 is 9.59 Å². The first-order chi connectivity index (χ1) is 13.1. The third-order valence-corrected chi connectivity index (χ3v) is 4.81. The highest BCUT2D eigenvalue weighted by molar-refractivity contribution is 5.97. The Morgan fingerprint density at radius 2 is 1.89 bits per heavy atom. The number of amides is 2. The number of aromatic nitrogens is 1. The zero-order valence-electron chi connectivity index (χ0n) is 15.6. The number of anilines is 1. The molecule has 0 radical (unpaired) electrons. The van der Waals surface area contributed by atoms with E-state index in [2.05, 4.69) is 5.32 Å². The predicted molar refractivity (Wildman–Crippen MR) is 104 cm³/mol. The highest BCUT2D eigenvalue weighted by Gasteiger charge is 2.34. The predicted octanol–water partition coefficient (Wildman–Crippen LogP) is 2.29. The first kappa shape index (κ1) is 18.9. The second-order valence-electron chi connectivity index (χ2n) is 6.92. The van der Waals surface area contributed by atoms with Crippen molar-refractivity contribution >= 4 is 17.5 Å². The summed E-state index contributed by atoms with van der Waals surface area (Å²) in [5, 5.41) is 2.85. The number of hydrogen-bond donors (Lipinski definition) is 1. The zero-order chi connectivity index (χ0) is 19.2. The van der Waals surface area contributed by atoms with Crippen LogP contribution < -0.4 is 10.9 Å². The van der Waals surface area contributed by atoms with Crippen LogP contribution in [0.3, 0.4) is 0 Å². The topological polar surface area (TPSA) is 71.4 Å². The number of carbonyl (C=O) groups excluding carboxylic acids is 2. The van der Waals surface area contributed by atoms with Crippen LogP contribution in [0.1, 0.15) is 25.3 Å². The molecule has 0 aliphatic carbocycles. The minimum atomic E-state index is -0.361. The Labute approximate surface area is 158 Å². The lowest BCUT2D eigenvalue weighted by atomic mass is 10.1. The standard InChI is InChI=1S/C21H25N3O3/c1-2-11-23-15-18(8-9-19(23)25)22-21(27)17-13-20(26)24(14-17)12-10-16-6-4-3-5-7-16/h3-9,15,17H,2,10-14H2,1H3,(H,22,27)/t17-/m0/s1. The summed E-state index contributed by atoms with van der Waals surface area (Å²) in [5.41, 5.74) is 1.68. The Morgan fingerprint density at radius 1 is 1.11 bits per heavy atom. The second kappa shape index (κ2) is 8.66. The smallest absolute Gasteiger partial charge is 0.250 e. The van der Waals surface area contributed by atoms with E-state index in [0.717, 1.165) is 12.8 Å². The molecule has 1 atom stereocenters. The molecule has 2 amide bonds. The van der Waals surface area contributed by atoms with Gasteiger partial charge in [0.2, 0.25) is 11.8 Å². The summed E-state index contributed by atoms with van der Waals surface area (Å²) in [4.78, 5) is 38.3. The third kappa shape index (κ3) is 4.84. The molecule has 2 aromatic rings. The van der Waals surface area contributed by atoms with Crippen molar-refractivity contribution in [2.75, 3.05) is 18.4 Å². The number of pyridine rings is 1. The molecule has 142 valence electrons. The largest absolute Gasteiger partial charge is 0.342 e. The molecule has 0 spiro atoms. The molecule has 6 nitrogen and oxygen atoms in total. The summed E-state index contributed by atoms with van der Waals surface area (Å²) < 4.78 is 1.58. The molecule has 2 heterocycles. The number of nitrogens with one attached hydrogen (secondary N) is 1. The van der Waals surface area contributed by atoms with Crippen LogP contribution >= 0.6 is 0 Å². The van der Waals surface area contributed by atoms with Crippen LogP contribution in [0.5, 0.6) is 0 Å². The maximum Gasteiger partial charge on any atom is 0.250 e. The molecule has 1 aromatic heterocycles. The molecular formula is C21H25N3O3. The van der Waals surface area contributed by atoms with Gasteiger partial charge in [-0.05, 0) is 24.5 Å². The molecule has 1 fully saturated rings. The number of likely N-dealkylation sites (tertiary alicyclic amines) is 1. The van der Waals surface area contributed by atoms with Gasteiger partial charge in [-0.25, -0.2) is 0 Å². The first-order valence-corrected chi connectivity index (χ1v) is 9.40. The van der Waals surface area contributed by atoms with Gasteiger partial charge in [0.05, 0.1) is 11.6 Å². The maximum absolute atomic E-state index is 12.6. The van der Waals surface area contributed by atoms with Crippen molar-refractivity contribution in [1.29, 1.82) is 0 Å². The van der Waals surface area contributed by atoms with Crippen molar-refractivity contribution in [3.05, 3.63) is 64.6 Å². The lowest BCUT2D eigenvalue weighted by molar-refractivity contribution is -0.128. The van der Waals surface area contributed by atoms with Gasteiger partial charge in [0.1, 0.15) is 0 Å². The SMILES string of the molecule is CCCn1cc(NC(=O)[C@H]2CC(=O)N(CCc3ccccc3)C2)ccc1=O. The average Bonchev–Trinajstić information content (AvgIpc) is 3.05. The van der Waals surface area contributed by atoms with Gasteiger partial charge in [0, 0.05) is 38.3 Å².